The Hall–Kier alpha value is -2.21. The predicted octanol–water partition coefficient (Wildman–Crippen LogP) is 3.68. The molecule has 3 aromatic rings. The highest BCUT2D eigenvalue weighted by Gasteiger charge is 2.19. The molecular weight excluding hydrogens is 280 g/mol. The first-order valence-corrected chi connectivity index (χ1v) is 6.77. The van der Waals surface area contributed by atoms with Crippen molar-refractivity contribution in [3.05, 3.63) is 47.3 Å². The first-order valence-electron chi connectivity index (χ1n) is 5.89. The molecule has 0 spiro atoms. The minimum Gasteiger partial charge on any atom is -0.383 e. The van der Waals surface area contributed by atoms with Gasteiger partial charge >= 0.3 is 0 Å². The van der Waals surface area contributed by atoms with E-state index < -0.39 is 11.6 Å². The number of anilines is 1. The molecule has 0 amide bonds. The summed E-state index contributed by atoms with van der Waals surface area (Å²) in [5.74, 6) is -0.904. The quantitative estimate of drug-likeness (QED) is 0.782. The molecule has 0 aliphatic carbocycles. The summed E-state index contributed by atoms with van der Waals surface area (Å²) >= 11 is 1.50. The molecule has 3 nitrogen and oxygen atoms in total. The number of aryl methyl sites for hydroxylation is 1. The van der Waals surface area contributed by atoms with Crippen LogP contribution in [0.4, 0.5) is 14.6 Å². The van der Waals surface area contributed by atoms with Crippen LogP contribution in [0, 0.1) is 11.6 Å². The second kappa shape index (κ2) is 4.72. The molecular formula is C14H11F2N3S. The van der Waals surface area contributed by atoms with E-state index in [-0.39, 0.29) is 0 Å². The molecule has 2 N–H and O–H groups in total. The van der Waals surface area contributed by atoms with Gasteiger partial charge < -0.3 is 5.73 Å². The highest BCUT2D eigenvalue weighted by Crippen LogP contribution is 2.38. The zero-order chi connectivity index (χ0) is 14.3. The van der Waals surface area contributed by atoms with E-state index in [0.717, 1.165) is 10.9 Å². The summed E-state index contributed by atoms with van der Waals surface area (Å²) in [6.07, 6.45) is 0. The van der Waals surface area contributed by atoms with E-state index in [0.29, 0.717) is 22.6 Å². The smallest absolute Gasteiger partial charge is 0.129 e. The number of hydrogen-bond acceptors (Lipinski definition) is 3. The number of benzene rings is 1. The van der Waals surface area contributed by atoms with E-state index in [1.807, 2.05) is 17.5 Å². The number of nitrogen functional groups attached to an aromatic ring is 1. The van der Waals surface area contributed by atoms with Gasteiger partial charge in [-0.05, 0) is 29.1 Å². The Morgan fingerprint density at radius 3 is 2.50 bits per heavy atom. The van der Waals surface area contributed by atoms with E-state index in [2.05, 4.69) is 5.10 Å². The molecule has 2 heterocycles. The van der Waals surface area contributed by atoms with Crippen LogP contribution in [-0.4, -0.2) is 9.78 Å². The summed E-state index contributed by atoms with van der Waals surface area (Å²) in [5, 5.41) is 6.26. The van der Waals surface area contributed by atoms with Crippen LogP contribution >= 0.6 is 11.3 Å². The highest BCUT2D eigenvalue weighted by atomic mass is 32.1. The fourth-order valence-corrected chi connectivity index (χ4v) is 2.82. The van der Waals surface area contributed by atoms with Gasteiger partial charge in [0.2, 0.25) is 0 Å². The van der Waals surface area contributed by atoms with Gasteiger partial charge in [-0.1, -0.05) is 6.07 Å². The lowest BCUT2D eigenvalue weighted by Crippen LogP contribution is -1.98. The molecule has 1 aromatic carbocycles. The molecule has 0 saturated carbocycles. The Morgan fingerprint density at radius 1 is 1.20 bits per heavy atom. The van der Waals surface area contributed by atoms with E-state index in [1.54, 1.807) is 7.05 Å². The lowest BCUT2D eigenvalue weighted by molar-refractivity contribution is 0.584. The first kappa shape index (κ1) is 12.8. The Balaban J connectivity index is 2.27. The monoisotopic (exact) mass is 291 g/mol. The molecule has 102 valence electrons. The molecule has 0 bridgehead atoms. The summed E-state index contributed by atoms with van der Waals surface area (Å²) in [5.41, 5.74) is 7.57. The average Bonchev–Trinajstić information content (AvgIpc) is 2.97. The van der Waals surface area contributed by atoms with Gasteiger partial charge in [0.15, 0.2) is 0 Å². The number of halogens is 2. The predicted molar refractivity (Wildman–Crippen MR) is 76.3 cm³/mol. The van der Waals surface area contributed by atoms with Crippen molar-refractivity contribution in [3.63, 3.8) is 0 Å². The molecule has 3 rings (SSSR count). The van der Waals surface area contributed by atoms with E-state index in [1.165, 1.54) is 28.2 Å². The molecule has 0 radical (unpaired) electrons. The topological polar surface area (TPSA) is 43.8 Å². The van der Waals surface area contributed by atoms with Crippen molar-refractivity contribution in [2.75, 3.05) is 5.73 Å². The molecule has 0 aliphatic heterocycles. The zero-order valence-electron chi connectivity index (χ0n) is 10.6. The maximum atomic E-state index is 13.4. The van der Waals surface area contributed by atoms with Gasteiger partial charge in [-0.2, -0.15) is 5.10 Å². The van der Waals surface area contributed by atoms with Crippen LogP contribution in [0.5, 0.6) is 0 Å². The summed E-state index contributed by atoms with van der Waals surface area (Å²) in [6.45, 7) is 0. The highest BCUT2D eigenvalue weighted by molar-refractivity contribution is 7.13. The third-order valence-corrected chi connectivity index (χ3v) is 3.87. The number of rotatable bonds is 2. The van der Waals surface area contributed by atoms with Crippen molar-refractivity contribution in [1.82, 2.24) is 9.78 Å². The SMILES string of the molecule is Cn1nc(-c2cccs2)c(-c2cc(F)cc(F)c2)c1N. The first-order chi connectivity index (χ1) is 9.56. The molecule has 0 unspecified atom stereocenters. The standard InChI is InChI=1S/C14H11F2N3S/c1-19-14(17)12(8-5-9(15)7-10(16)6-8)13(18-19)11-3-2-4-20-11/h2-7H,17H2,1H3. The van der Waals surface area contributed by atoms with Crippen LogP contribution in [0.1, 0.15) is 0 Å². The van der Waals surface area contributed by atoms with Crippen molar-refractivity contribution >= 4 is 17.2 Å². The van der Waals surface area contributed by atoms with E-state index in [4.69, 9.17) is 5.73 Å². The van der Waals surface area contributed by atoms with Gasteiger partial charge in [0.05, 0.1) is 10.4 Å². The normalized spacial score (nSPS) is 10.9. The Labute approximate surface area is 118 Å². The van der Waals surface area contributed by atoms with Crippen molar-refractivity contribution in [2.24, 2.45) is 7.05 Å². The maximum Gasteiger partial charge on any atom is 0.129 e. The van der Waals surface area contributed by atoms with Crippen LogP contribution in [0.15, 0.2) is 35.7 Å². The molecule has 20 heavy (non-hydrogen) atoms. The number of nitrogens with two attached hydrogens (primary N) is 1. The second-order valence-electron chi connectivity index (χ2n) is 4.37. The fraction of sp³-hybridized carbons (Fsp3) is 0.0714. The molecule has 2 aromatic heterocycles. The molecule has 0 aliphatic rings. The summed E-state index contributed by atoms with van der Waals surface area (Å²) < 4.78 is 28.3. The Bertz CT molecular complexity index is 743. The molecule has 6 heteroatoms. The third kappa shape index (κ3) is 2.08. The Morgan fingerprint density at radius 2 is 1.90 bits per heavy atom. The average molecular weight is 291 g/mol. The third-order valence-electron chi connectivity index (χ3n) is 3.00. The lowest BCUT2D eigenvalue weighted by atomic mass is 10.0. The van der Waals surface area contributed by atoms with Gasteiger partial charge in [0, 0.05) is 13.1 Å². The maximum absolute atomic E-state index is 13.4. The number of thiophene rings is 1. The van der Waals surface area contributed by atoms with Gasteiger partial charge in [0.1, 0.15) is 23.1 Å². The van der Waals surface area contributed by atoms with Crippen LogP contribution in [0.25, 0.3) is 21.7 Å². The molecule has 0 atom stereocenters. The van der Waals surface area contributed by atoms with Gasteiger partial charge in [-0.15, -0.1) is 11.3 Å². The number of aromatic nitrogens is 2. The zero-order valence-corrected chi connectivity index (χ0v) is 11.4. The fourth-order valence-electron chi connectivity index (χ4n) is 2.11. The molecule has 0 saturated heterocycles. The van der Waals surface area contributed by atoms with Crippen LogP contribution < -0.4 is 5.73 Å². The van der Waals surface area contributed by atoms with Crippen molar-refractivity contribution in [3.8, 4) is 21.7 Å². The lowest BCUT2D eigenvalue weighted by Gasteiger charge is -2.04. The van der Waals surface area contributed by atoms with Crippen molar-refractivity contribution in [1.29, 1.82) is 0 Å². The summed E-state index contributed by atoms with van der Waals surface area (Å²) in [6, 6.07) is 7.13. The van der Waals surface area contributed by atoms with Gasteiger partial charge in [0.25, 0.3) is 0 Å². The van der Waals surface area contributed by atoms with Crippen LogP contribution in [-0.2, 0) is 7.05 Å². The largest absolute Gasteiger partial charge is 0.383 e. The summed E-state index contributed by atoms with van der Waals surface area (Å²) in [4.78, 5) is 0.900. The minimum atomic E-state index is -0.639. The van der Waals surface area contributed by atoms with E-state index in [9.17, 15) is 8.78 Å². The van der Waals surface area contributed by atoms with Crippen molar-refractivity contribution in [2.45, 2.75) is 0 Å². The molecule has 0 fully saturated rings. The minimum absolute atomic E-state index is 0.374. The second-order valence-corrected chi connectivity index (χ2v) is 5.32. The Kier molecular flexibility index (Phi) is 3.02. The van der Waals surface area contributed by atoms with E-state index >= 15 is 0 Å². The van der Waals surface area contributed by atoms with Gasteiger partial charge in [-0.25, -0.2) is 8.78 Å². The summed E-state index contributed by atoms with van der Waals surface area (Å²) in [7, 11) is 1.70. The van der Waals surface area contributed by atoms with Gasteiger partial charge in [-0.3, -0.25) is 4.68 Å². The number of nitrogens with zero attached hydrogens (tertiary/aromatic N) is 2. The van der Waals surface area contributed by atoms with Crippen LogP contribution in [0.2, 0.25) is 0 Å². The number of hydrogen-bond donors (Lipinski definition) is 1. The van der Waals surface area contributed by atoms with Crippen molar-refractivity contribution < 1.29 is 8.78 Å². The van der Waals surface area contributed by atoms with Crippen LogP contribution in [0.3, 0.4) is 0 Å².